The summed E-state index contributed by atoms with van der Waals surface area (Å²) in [7, 11) is 4.06. The van der Waals surface area contributed by atoms with Crippen LogP contribution in [0.3, 0.4) is 0 Å². The summed E-state index contributed by atoms with van der Waals surface area (Å²) in [4.78, 5) is 27.1. The van der Waals surface area contributed by atoms with Gasteiger partial charge in [0.25, 0.3) is 0 Å². The maximum Gasteiger partial charge on any atom is 0.314 e. The van der Waals surface area contributed by atoms with E-state index in [4.69, 9.17) is 4.74 Å². The Kier molecular flexibility index (Phi) is 7.82. The third kappa shape index (κ3) is 6.07. The van der Waals surface area contributed by atoms with Crippen LogP contribution in [0.25, 0.3) is 0 Å². The van der Waals surface area contributed by atoms with Crippen molar-refractivity contribution in [2.45, 2.75) is 32.6 Å². The number of rotatable bonds is 9. The van der Waals surface area contributed by atoms with Crippen molar-refractivity contribution in [3.05, 3.63) is 95.6 Å². The van der Waals surface area contributed by atoms with E-state index in [-0.39, 0.29) is 17.7 Å². The second kappa shape index (κ2) is 10.8. The molecule has 0 amide bonds. The van der Waals surface area contributed by atoms with Crippen LogP contribution >= 0.6 is 0 Å². The Bertz CT molecular complexity index is 1020. The van der Waals surface area contributed by atoms with Crippen LogP contribution in [0.5, 0.6) is 5.75 Å². The number of hydrogen-bond donors (Lipinski definition) is 0. The van der Waals surface area contributed by atoms with Gasteiger partial charge in [-0.2, -0.15) is 0 Å². The number of carbonyl (C=O) groups excluding carboxylic acids is 2. The number of hydrogen-bond acceptors (Lipinski definition) is 4. The topological polar surface area (TPSA) is 46.6 Å². The van der Waals surface area contributed by atoms with Crippen LogP contribution in [0.15, 0.2) is 78.9 Å². The van der Waals surface area contributed by atoms with Gasteiger partial charge >= 0.3 is 5.97 Å². The predicted molar refractivity (Wildman–Crippen MR) is 130 cm³/mol. The zero-order valence-electron chi connectivity index (χ0n) is 19.2. The van der Waals surface area contributed by atoms with E-state index in [0.717, 1.165) is 12.8 Å². The SMILES string of the molecule is CC(CCC(C)c1ccc(N(C)C)cc1)C(=O)Oc1ccc(C(=O)c2ccccc2)cc1. The van der Waals surface area contributed by atoms with Crippen molar-refractivity contribution in [3.63, 3.8) is 0 Å². The van der Waals surface area contributed by atoms with E-state index in [1.807, 2.05) is 39.2 Å². The zero-order chi connectivity index (χ0) is 23.1. The van der Waals surface area contributed by atoms with E-state index >= 15 is 0 Å². The van der Waals surface area contributed by atoms with Gasteiger partial charge in [0.2, 0.25) is 0 Å². The van der Waals surface area contributed by atoms with Gasteiger partial charge in [0.15, 0.2) is 5.78 Å². The summed E-state index contributed by atoms with van der Waals surface area (Å²) >= 11 is 0. The lowest BCUT2D eigenvalue weighted by Gasteiger charge is -2.17. The van der Waals surface area contributed by atoms with Gasteiger partial charge in [-0.25, -0.2) is 0 Å². The lowest BCUT2D eigenvalue weighted by atomic mass is 9.92. The normalized spacial score (nSPS) is 12.6. The minimum absolute atomic E-state index is 0.0514. The highest BCUT2D eigenvalue weighted by Crippen LogP contribution is 2.26. The summed E-state index contributed by atoms with van der Waals surface area (Å²) in [5.74, 6) is 0.319. The molecule has 0 aromatic heterocycles. The van der Waals surface area contributed by atoms with Crippen molar-refractivity contribution in [2.75, 3.05) is 19.0 Å². The molecule has 0 saturated heterocycles. The van der Waals surface area contributed by atoms with E-state index in [1.165, 1.54) is 11.3 Å². The van der Waals surface area contributed by atoms with Crippen LogP contribution in [0, 0.1) is 5.92 Å². The van der Waals surface area contributed by atoms with Crippen LogP contribution in [0.2, 0.25) is 0 Å². The Morgan fingerprint density at radius 3 is 1.97 bits per heavy atom. The molecule has 0 fully saturated rings. The van der Waals surface area contributed by atoms with Gasteiger partial charge in [0.1, 0.15) is 5.75 Å². The first kappa shape index (κ1) is 23.3. The molecule has 0 aliphatic carbocycles. The molecule has 0 N–H and O–H groups in total. The monoisotopic (exact) mass is 429 g/mol. The van der Waals surface area contributed by atoms with E-state index in [1.54, 1.807) is 36.4 Å². The number of benzene rings is 3. The Morgan fingerprint density at radius 2 is 1.38 bits per heavy atom. The summed E-state index contributed by atoms with van der Waals surface area (Å²) in [5, 5.41) is 0. The third-order valence-corrected chi connectivity index (χ3v) is 5.78. The summed E-state index contributed by atoms with van der Waals surface area (Å²) in [6.07, 6.45) is 1.65. The fraction of sp³-hybridized carbons (Fsp3) is 0.286. The first-order valence-corrected chi connectivity index (χ1v) is 11.0. The number of carbonyl (C=O) groups is 2. The number of ether oxygens (including phenoxy) is 1. The molecule has 0 saturated carbocycles. The minimum Gasteiger partial charge on any atom is -0.426 e. The molecule has 0 aliphatic rings. The number of esters is 1. The lowest BCUT2D eigenvalue weighted by molar-refractivity contribution is -0.138. The molecule has 4 heteroatoms. The summed E-state index contributed by atoms with van der Waals surface area (Å²) in [6.45, 7) is 4.09. The molecule has 3 rings (SSSR count). The molecule has 0 bridgehead atoms. The van der Waals surface area contributed by atoms with Gasteiger partial charge in [-0.1, -0.05) is 56.3 Å². The van der Waals surface area contributed by atoms with Crippen molar-refractivity contribution in [1.82, 2.24) is 0 Å². The second-order valence-corrected chi connectivity index (χ2v) is 8.51. The summed E-state index contributed by atoms with van der Waals surface area (Å²) in [6, 6.07) is 24.4. The Morgan fingerprint density at radius 1 is 0.781 bits per heavy atom. The predicted octanol–water partition coefficient (Wildman–Crippen LogP) is 6.11. The van der Waals surface area contributed by atoms with Gasteiger partial charge in [-0.05, 0) is 60.7 Å². The van der Waals surface area contributed by atoms with E-state index in [2.05, 4.69) is 36.1 Å². The quantitative estimate of drug-likeness (QED) is 0.234. The van der Waals surface area contributed by atoms with E-state index in [0.29, 0.717) is 22.8 Å². The van der Waals surface area contributed by atoms with Gasteiger partial charge in [0.05, 0.1) is 5.92 Å². The molecular weight excluding hydrogens is 398 g/mol. The van der Waals surface area contributed by atoms with Crippen molar-refractivity contribution >= 4 is 17.4 Å². The van der Waals surface area contributed by atoms with Crippen molar-refractivity contribution < 1.29 is 14.3 Å². The molecule has 32 heavy (non-hydrogen) atoms. The van der Waals surface area contributed by atoms with Crippen LogP contribution < -0.4 is 9.64 Å². The molecule has 4 nitrogen and oxygen atoms in total. The molecule has 0 radical (unpaired) electrons. The van der Waals surface area contributed by atoms with Crippen LogP contribution in [-0.2, 0) is 4.79 Å². The van der Waals surface area contributed by atoms with Crippen molar-refractivity contribution in [1.29, 1.82) is 0 Å². The summed E-state index contributed by atoms with van der Waals surface area (Å²) < 4.78 is 5.54. The molecule has 3 aromatic carbocycles. The first-order chi connectivity index (χ1) is 15.3. The first-order valence-electron chi connectivity index (χ1n) is 11.0. The molecule has 2 unspecified atom stereocenters. The van der Waals surface area contributed by atoms with Gasteiger partial charge in [-0.15, -0.1) is 0 Å². The Hall–Kier alpha value is -3.40. The van der Waals surface area contributed by atoms with Crippen molar-refractivity contribution in [2.24, 2.45) is 5.92 Å². The van der Waals surface area contributed by atoms with Crippen molar-refractivity contribution in [3.8, 4) is 5.75 Å². The van der Waals surface area contributed by atoms with E-state index in [9.17, 15) is 9.59 Å². The zero-order valence-corrected chi connectivity index (χ0v) is 19.2. The fourth-order valence-corrected chi connectivity index (χ4v) is 3.53. The lowest BCUT2D eigenvalue weighted by Crippen LogP contribution is -2.18. The van der Waals surface area contributed by atoms with Gasteiger partial charge in [0, 0.05) is 30.9 Å². The Labute approximate surface area is 190 Å². The van der Waals surface area contributed by atoms with Crippen LogP contribution in [0.4, 0.5) is 5.69 Å². The third-order valence-electron chi connectivity index (χ3n) is 5.78. The highest BCUT2D eigenvalue weighted by atomic mass is 16.5. The molecule has 166 valence electrons. The number of nitrogens with zero attached hydrogens (tertiary/aromatic N) is 1. The number of ketones is 1. The molecule has 3 aromatic rings. The Balaban J connectivity index is 1.51. The smallest absolute Gasteiger partial charge is 0.314 e. The maximum atomic E-state index is 12.5. The molecule has 0 spiro atoms. The molecule has 0 aliphatic heterocycles. The van der Waals surface area contributed by atoms with Gasteiger partial charge in [-0.3, -0.25) is 9.59 Å². The molecule has 0 heterocycles. The average Bonchev–Trinajstić information content (AvgIpc) is 2.82. The summed E-state index contributed by atoms with van der Waals surface area (Å²) in [5.41, 5.74) is 3.65. The minimum atomic E-state index is -0.248. The maximum absolute atomic E-state index is 12.5. The number of anilines is 1. The largest absolute Gasteiger partial charge is 0.426 e. The average molecular weight is 430 g/mol. The molecular formula is C28H31NO3. The van der Waals surface area contributed by atoms with Crippen LogP contribution in [-0.4, -0.2) is 25.8 Å². The highest BCUT2D eigenvalue weighted by molar-refractivity contribution is 6.09. The van der Waals surface area contributed by atoms with E-state index < -0.39 is 0 Å². The van der Waals surface area contributed by atoms with Crippen LogP contribution in [0.1, 0.15) is 54.1 Å². The highest BCUT2D eigenvalue weighted by Gasteiger charge is 2.18. The van der Waals surface area contributed by atoms with Gasteiger partial charge < -0.3 is 9.64 Å². The standard InChI is InChI=1S/C28H31NO3/c1-20(22-12-16-25(17-13-22)29(3)4)10-11-21(2)28(31)32-26-18-14-24(15-19-26)27(30)23-8-6-5-7-9-23/h5-9,12-21H,10-11H2,1-4H3. The fourth-order valence-electron chi connectivity index (χ4n) is 3.53. The second-order valence-electron chi connectivity index (χ2n) is 8.51. The molecule has 2 atom stereocenters.